The van der Waals surface area contributed by atoms with E-state index in [0.717, 1.165) is 44.6 Å². The average Bonchev–Trinajstić information content (AvgIpc) is 2.94. The zero-order valence-electron chi connectivity index (χ0n) is 11.9. The molecule has 3 nitrogen and oxygen atoms in total. The first kappa shape index (κ1) is 12.4. The molecule has 0 N–H and O–H groups in total. The summed E-state index contributed by atoms with van der Waals surface area (Å²) in [5.41, 5.74) is 5.85. The summed E-state index contributed by atoms with van der Waals surface area (Å²) in [6.45, 7) is 1.47. The Morgan fingerprint density at radius 2 is 1.95 bits per heavy atom. The highest BCUT2D eigenvalue weighted by Gasteiger charge is 2.41. The minimum absolute atomic E-state index is 0.340. The Bertz CT molecular complexity index is 568. The summed E-state index contributed by atoms with van der Waals surface area (Å²) in [6.07, 6.45) is 5.32. The highest BCUT2D eigenvalue weighted by atomic mass is 16.7. The van der Waals surface area contributed by atoms with E-state index >= 15 is 0 Å². The first-order valence-electron chi connectivity index (χ1n) is 7.46. The van der Waals surface area contributed by atoms with Crippen LogP contribution in [0.3, 0.4) is 0 Å². The SMILES string of the molecule is COc1ccc2c(c1)CCC1=C2CC2(CC1)OCCO2. The number of ether oxygens (including phenoxy) is 3. The lowest BCUT2D eigenvalue weighted by molar-refractivity contribution is -0.159. The van der Waals surface area contributed by atoms with E-state index in [0.29, 0.717) is 0 Å². The molecule has 1 aromatic carbocycles. The molecule has 1 fully saturated rings. The van der Waals surface area contributed by atoms with E-state index in [1.54, 1.807) is 12.7 Å². The predicted octanol–water partition coefficient (Wildman–Crippen LogP) is 3.32. The molecule has 0 atom stereocenters. The van der Waals surface area contributed by atoms with Gasteiger partial charge in [0.15, 0.2) is 5.79 Å². The average molecular weight is 272 g/mol. The molecule has 3 aliphatic rings. The Labute approximate surface area is 119 Å². The molecule has 0 radical (unpaired) electrons. The summed E-state index contributed by atoms with van der Waals surface area (Å²) in [7, 11) is 1.73. The van der Waals surface area contributed by atoms with Crippen molar-refractivity contribution in [3.8, 4) is 5.75 Å². The molecule has 1 spiro atoms. The van der Waals surface area contributed by atoms with Crippen LogP contribution in [0.1, 0.15) is 36.8 Å². The Balaban J connectivity index is 1.73. The molecule has 1 aliphatic heterocycles. The summed E-state index contributed by atoms with van der Waals surface area (Å²) in [5.74, 6) is 0.611. The smallest absolute Gasteiger partial charge is 0.172 e. The van der Waals surface area contributed by atoms with Crippen molar-refractivity contribution in [1.82, 2.24) is 0 Å². The quantitative estimate of drug-likeness (QED) is 0.785. The fraction of sp³-hybridized carbons (Fsp3) is 0.529. The minimum atomic E-state index is -0.340. The second-order valence-electron chi connectivity index (χ2n) is 5.89. The third kappa shape index (κ3) is 1.88. The summed E-state index contributed by atoms with van der Waals surface area (Å²) in [5, 5.41) is 0. The van der Waals surface area contributed by atoms with Gasteiger partial charge in [-0.2, -0.15) is 0 Å². The second-order valence-corrected chi connectivity index (χ2v) is 5.89. The van der Waals surface area contributed by atoms with Crippen LogP contribution in [-0.2, 0) is 15.9 Å². The standard InChI is InChI=1S/C17H20O3/c1-18-14-4-5-15-13(10-14)3-2-12-6-7-17(11-16(12)15)19-8-9-20-17/h4-5,10H,2-3,6-9,11H2,1H3. The van der Waals surface area contributed by atoms with Gasteiger partial charge in [0.25, 0.3) is 0 Å². The maximum absolute atomic E-state index is 5.91. The van der Waals surface area contributed by atoms with Crippen molar-refractivity contribution >= 4 is 5.57 Å². The number of aryl methyl sites for hydroxylation is 1. The number of fused-ring (bicyclic) bond motifs is 2. The topological polar surface area (TPSA) is 27.7 Å². The molecule has 106 valence electrons. The van der Waals surface area contributed by atoms with Crippen LogP contribution in [0.15, 0.2) is 23.8 Å². The van der Waals surface area contributed by atoms with Gasteiger partial charge in [0.1, 0.15) is 5.75 Å². The third-order valence-corrected chi connectivity index (χ3v) is 4.83. The van der Waals surface area contributed by atoms with E-state index in [-0.39, 0.29) is 5.79 Å². The second kappa shape index (κ2) is 4.61. The molecule has 1 aromatic rings. The molecular weight excluding hydrogens is 252 g/mol. The molecule has 4 rings (SSSR count). The van der Waals surface area contributed by atoms with Gasteiger partial charge in [-0.05, 0) is 48.1 Å². The van der Waals surface area contributed by atoms with Gasteiger partial charge >= 0.3 is 0 Å². The first-order chi connectivity index (χ1) is 9.80. The van der Waals surface area contributed by atoms with E-state index in [1.807, 2.05) is 0 Å². The number of benzene rings is 1. The van der Waals surface area contributed by atoms with Crippen LogP contribution in [-0.4, -0.2) is 26.1 Å². The van der Waals surface area contributed by atoms with Crippen molar-refractivity contribution in [3.05, 3.63) is 34.9 Å². The van der Waals surface area contributed by atoms with Gasteiger partial charge in [-0.3, -0.25) is 0 Å². The Morgan fingerprint density at radius 3 is 2.75 bits per heavy atom. The van der Waals surface area contributed by atoms with Gasteiger partial charge < -0.3 is 14.2 Å². The van der Waals surface area contributed by atoms with Crippen LogP contribution in [0.4, 0.5) is 0 Å². The monoisotopic (exact) mass is 272 g/mol. The highest BCUT2D eigenvalue weighted by Crippen LogP contribution is 2.47. The lowest BCUT2D eigenvalue weighted by atomic mass is 9.76. The number of allylic oxidation sites excluding steroid dienone is 1. The lowest BCUT2D eigenvalue weighted by Gasteiger charge is -2.37. The molecule has 1 heterocycles. The summed E-state index contributed by atoms with van der Waals surface area (Å²) < 4.78 is 17.2. The van der Waals surface area contributed by atoms with Crippen molar-refractivity contribution in [3.63, 3.8) is 0 Å². The van der Waals surface area contributed by atoms with Crippen molar-refractivity contribution in [1.29, 1.82) is 0 Å². The molecule has 0 aromatic heterocycles. The molecule has 20 heavy (non-hydrogen) atoms. The van der Waals surface area contributed by atoms with Crippen molar-refractivity contribution in [2.24, 2.45) is 0 Å². The first-order valence-corrected chi connectivity index (χ1v) is 7.46. The number of hydrogen-bond acceptors (Lipinski definition) is 3. The van der Waals surface area contributed by atoms with Gasteiger partial charge in [0.2, 0.25) is 0 Å². The van der Waals surface area contributed by atoms with E-state index in [2.05, 4.69) is 18.2 Å². The molecule has 0 amide bonds. The van der Waals surface area contributed by atoms with E-state index in [4.69, 9.17) is 14.2 Å². The Morgan fingerprint density at radius 1 is 1.10 bits per heavy atom. The zero-order valence-corrected chi connectivity index (χ0v) is 11.9. The molecule has 0 saturated carbocycles. The molecular formula is C17H20O3. The van der Waals surface area contributed by atoms with Crippen molar-refractivity contribution in [2.45, 2.75) is 37.9 Å². The third-order valence-electron chi connectivity index (χ3n) is 4.83. The maximum atomic E-state index is 5.91. The van der Waals surface area contributed by atoms with Crippen LogP contribution in [0, 0.1) is 0 Å². The van der Waals surface area contributed by atoms with Crippen LogP contribution in [0.2, 0.25) is 0 Å². The maximum Gasteiger partial charge on any atom is 0.172 e. The van der Waals surface area contributed by atoms with Crippen LogP contribution >= 0.6 is 0 Å². The van der Waals surface area contributed by atoms with Crippen molar-refractivity contribution < 1.29 is 14.2 Å². The summed E-state index contributed by atoms with van der Waals surface area (Å²) in [4.78, 5) is 0. The molecule has 2 aliphatic carbocycles. The molecule has 0 bridgehead atoms. The molecule has 0 unspecified atom stereocenters. The number of hydrogen-bond donors (Lipinski definition) is 0. The fourth-order valence-corrected chi connectivity index (χ4v) is 3.76. The van der Waals surface area contributed by atoms with Gasteiger partial charge in [-0.25, -0.2) is 0 Å². The van der Waals surface area contributed by atoms with Crippen molar-refractivity contribution in [2.75, 3.05) is 20.3 Å². The highest BCUT2D eigenvalue weighted by molar-refractivity contribution is 5.75. The Kier molecular flexibility index (Phi) is 2.86. The van der Waals surface area contributed by atoms with Crippen LogP contribution < -0.4 is 4.74 Å². The van der Waals surface area contributed by atoms with Gasteiger partial charge in [-0.1, -0.05) is 11.6 Å². The molecule has 1 saturated heterocycles. The minimum Gasteiger partial charge on any atom is -0.497 e. The van der Waals surface area contributed by atoms with E-state index in [9.17, 15) is 0 Å². The zero-order chi connectivity index (χ0) is 13.6. The number of methoxy groups -OCH3 is 1. The predicted molar refractivity (Wildman–Crippen MR) is 76.7 cm³/mol. The Hall–Kier alpha value is -1.32. The summed E-state index contributed by atoms with van der Waals surface area (Å²) >= 11 is 0. The van der Waals surface area contributed by atoms with E-state index < -0.39 is 0 Å². The van der Waals surface area contributed by atoms with Crippen LogP contribution in [0.5, 0.6) is 5.75 Å². The normalized spacial score (nSPS) is 23.6. The van der Waals surface area contributed by atoms with Gasteiger partial charge in [-0.15, -0.1) is 0 Å². The van der Waals surface area contributed by atoms with Crippen LogP contribution in [0.25, 0.3) is 5.57 Å². The van der Waals surface area contributed by atoms with Gasteiger partial charge in [0.05, 0.1) is 20.3 Å². The lowest BCUT2D eigenvalue weighted by Crippen LogP contribution is -2.34. The largest absolute Gasteiger partial charge is 0.497 e. The summed E-state index contributed by atoms with van der Waals surface area (Å²) in [6, 6.07) is 6.44. The number of rotatable bonds is 1. The molecule has 3 heteroatoms. The van der Waals surface area contributed by atoms with E-state index in [1.165, 1.54) is 23.1 Å². The van der Waals surface area contributed by atoms with Gasteiger partial charge in [0, 0.05) is 12.8 Å². The fourth-order valence-electron chi connectivity index (χ4n) is 3.76.